The Hall–Kier alpha value is -2.86. The van der Waals surface area contributed by atoms with Gasteiger partial charge in [-0.25, -0.2) is 4.98 Å². The summed E-state index contributed by atoms with van der Waals surface area (Å²) in [5.41, 5.74) is 1.61. The maximum Gasteiger partial charge on any atom is 0.295 e. The summed E-state index contributed by atoms with van der Waals surface area (Å²) in [6.07, 6.45) is 8.20. The Morgan fingerprint density at radius 2 is 2.10 bits per heavy atom. The average Bonchev–Trinajstić information content (AvgIpc) is 3.15. The van der Waals surface area contributed by atoms with E-state index in [9.17, 15) is 9.59 Å². The second-order valence-corrected chi connectivity index (χ2v) is 7.81. The predicted molar refractivity (Wildman–Crippen MR) is 114 cm³/mol. The first-order valence-corrected chi connectivity index (χ1v) is 10.2. The molecule has 1 aliphatic heterocycles. The van der Waals surface area contributed by atoms with Gasteiger partial charge in [-0.3, -0.25) is 18.6 Å². The Morgan fingerprint density at radius 3 is 2.83 bits per heavy atom. The van der Waals surface area contributed by atoms with Gasteiger partial charge < -0.3 is 4.90 Å². The number of amides is 1. The van der Waals surface area contributed by atoms with E-state index in [1.165, 1.54) is 0 Å². The van der Waals surface area contributed by atoms with Crippen LogP contribution in [0.2, 0.25) is 5.02 Å². The number of imidazole rings is 1. The number of hydrogen-bond acceptors (Lipinski definition) is 3. The molecule has 0 bridgehead atoms. The van der Waals surface area contributed by atoms with Crippen LogP contribution in [0.15, 0.2) is 54.1 Å². The predicted octanol–water partition coefficient (Wildman–Crippen LogP) is 4.02. The normalized spacial score (nSPS) is 16.9. The van der Waals surface area contributed by atoms with E-state index in [1.54, 1.807) is 33.5 Å². The van der Waals surface area contributed by atoms with Crippen LogP contribution in [0.4, 0.5) is 0 Å². The van der Waals surface area contributed by atoms with Crippen LogP contribution in [0, 0.1) is 0 Å². The van der Waals surface area contributed by atoms with Crippen molar-refractivity contribution in [2.45, 2.75) is 38.8 Å². The fraction of sp³-hybridized carbons (Fsp3) is 0.318. The first kappa shape index (κ1) is 19.5. The third-order valence-electron chi connectivity index (χ3n) is 5.47. The molecule has 29 heavy (non-hydrogen) atoms. The van der Waals surface area contributed by atoms with Crippen molar-refractivity contribution in [2.24, 2.45) is 0 Å². The fourth-order valence-electron chi connectivity index (χ4n) is 3.93. The van der Waals surface area contributed by atoms with Gasteiger partial charge in [-0.15, -0.1) is 6.58 Å². The fourth-order valence-corrected chi connectivity index (χ4v) is 4.16. The van der Waals surface area contributed by atoms with Crippen LogP contribution in [0.1, 0.15) is 36.7 Å². The van der Waals surface area contributed by atoms with E-state index in [1.807, 2.05) is 23.1 Å². The lowest BCUT2D eigenvalue weighted by Crippen LogP contribution is -2.42. The number of likely N-dealkylation sites (tertiary alicyclic amines) is 1. The molecule has 1 aromatic carbocycles. The number of carbonyl (C=O) groups excluding carboxylic acids is 1. The molecular formula is C22H23ClN4O2. The largest absolute Gasteiger partial charge is 0.335 e. The highest BCUT2D eigenvalue weighted by atomic mass is 35.5. The number of rotatable bonds is 4. The van der Waals surface area contributed by atoms with Crippen LogP contribution in [-0.2, 0) is 6.54 Å². The second-order valence-electron chi connectivity index (χ2n) is 7.40. The Bertz CT molecular complexity index is 1150. The van der Waals surface area contributed by atoms with Crippen LogP contribution < -0.4 is 5.56 Å². The molecule has 150 valence electrons. The number of halogens is 1. The standard InChI is InChI=1S/C22H23ClN4O2/c1-3-11-27-19(16-9-4-5-10-17(16)23)14-25-13-18(24-20(25)22(27)29)21(28)26-12-7-6-8-15(26)2/h3-5,9-10,13-15H,1,6-8,11-12H2,2H3/t15-/m0/s1. The molecule has 0 saturated carbocycles. The summed E-state index contributed by atoms with van der Waals surface area (Å²) in [5, 5.41) is 0.544. The number of nitrogens with zero attached hydrogens (tertiary/aromatic N) is 4. The summed E-state index contributed by atoms with van der Waals surface area (Å²) < 4.78 is 3.21. The van der Waals surface area contributed by atoms with E-state index >= 15 is 0 Å². The Balaban J connectivity index is 1.86. The zero-order valence-corrected chi connectivity index (χ0v) is 17.1. The quantitative estimate of drug-likeness (QED) is 0.610. The summed E-state index contributed by atoms with van der Waals surface area (Å²) in [6, 6.07) is 7.53. The minimum absolute atomic E-state index is 0.130. The van der Waals surface area contributed by atoms with Gasteiger partial charge in [0.05, 0.1) is 5.69 Å². The van der Waals surface area contributed by atoms with Crippen molar-refractivity contribution in [3.05, 3.63) is 70.4 Å². The number of allylic oxidation sites excluding steroid dienone is 1. The van der Waals surface area contributed by atoms with Crippen LogP contribution >= 0.6 is 11.6 Å². The second kappa shape index (κ2) is 7.87. The molecule has 0 radical (unpaired) electrons. The molecule has 0 unspecified atom stereocenters. The lowest BCUT2D eigenvalue weighted by molar-refractivity contribution is 0.0630. The van der Waals surface area contributed by atoms with Gasteiger partial charge in [0.2, 0.25) is 5.65 Å². The molecule has 3 heterocycles. The summed E-state index contributed by atoms with van der Waals surface area (Å²) in [4.78, 5) is 32.4. The molecule has 1 fully saturated rings. The van der Waals surface area contributed by atoms with Crippen LogP contribution in [0.5, 0.6) is 0 Å². The summed E-state index contributed by atoms with van der Waals surface area (Å²) in [5.74, 6) is -0.130. The van der Waals surface area contributed by atoms with Crippen molar-refractivity contribution < 1.29 is 4.79 Å². The average molecular weight is 411 g/mol. The summed E-state index contributed by atoms with van der Waals surface area (Å²) in [7, 11) is 0. The Kier molecular flexibility index (Phi) is 5.28. The third kappa shape index (κ3) is 3.49. The molecule has 1 atom stereocenters. The SMILES string of the molecule is C=CCn1c(-c2ccccc2Cl)cn2cc(C(=O)N3CCCC[C@@H]3C)nc2c1=O. The molecule has 6 nitrogen and oxygen atoms in total. The number of benzene rings is 1. The van der Waals surface area contributed by atoms with Crippen molar-refractivity contribution in [1.29, 1.82) is 0 Å². The van der Waals surface area contributed by atoms with Crippen molar-refractivity contribution in [2.75, 3.05) is 6.54 Å². The van der Waals surface area contributed by atoms with Gasteiger partial charge in [0.15, 0.2) is 0 Å². The molecule has 0 N–H and O–H groups in total. The minimum atomic E-state index is -0.284. The number of piperidine rings is 1. The van der Waals surface area contributed by atoms with Gasteiger partial charge in [-0.05, 0) is 32.3 Å². The van der Waals surface area contributed by atoms with Crippen molar-refractivity contribution in [3.63, 3.8) is 0 Å². The maximum atomic E-state index is 13.2. The van der Waals surface area contributed by atoms with Crippen molar-refractivity contribution >= 4 is 23.2 Å². The Labute approximate surface area is 174 Å². The maximum absolute atomic E-state index is 13.2. The highest BCUT2D eigenvalue weighted by Gasteiger charge is 2.26. The van der Waals surface area contributed by atoms with Gasteiger partial charge in [0.1, 0.15) is 5.69 Å². The first-order valence-electron chi connectivity index (χ1n) is 9.80. The molecule has 4 rings (SSSR count). The van der Waals surface area contributed by atoms with Crippen LogP contribution in [0.25, 0.3) is 16.9 Å². The third-order valence-corrected chi connectivity index (χ3v) is 5.79. The van der Waals surface area contributed by atoms with Crippen molar-refractivity contribution in [3.8, 4) is 11.3 Å². The molecule has 2 aromatic heterocycles. The number of aromatic nitrogens is 3. The lowest BCUT2D eigenvalue weighted by atomic mass is 10.0. The van der Waals surface area contributed by atoms with Gasteiger partial charge >= 0.3 is 0 Å². The monoisotopic (exact) mass is 410 g/mol. The summed E-state index contributed by atoms with van der Waals surface area (Å²) in [6.45, 7) is 6.85. The first-order chi connectivity index (χ1) is 14.0. The van der Waals surface area contributed by atoms with E-state index < -0.39 is 0 Å². The number of fused-ring (bicyclic) bond motifs is 1. The molecule has 1 amide bonds. The van der Waals surface area contributed by atoms with E-state index in [0.29, 0.717) is 17.3 Å². The molecular weight excluding hydrogens is 388 g/mol. The van der Waals surface area contributed by atoms with E-state index in [2.05, 4.69) is 18.5 Å². The van der Waals surface area contributed by atoms with E-state index in [4.69, 9.17) is 11.6 Å². The topological polar surface area (TPSA) is 59.6 Å². The molecule has 1 saturated heterocycles. The molecule has 7 heteroatoms. The lowest BCUT2D eigenvalue weighted by Gasteiger charge is -2.32. The zero-order chi connectivity index (χ0) is 20.5. The highest BCUT2D eigenvalue weighted by Crippen LogP contribution is 2.27. The van der Waals surface area contributed by atoms with Gasteiger partial charge in [-0.2, -0.15) is 0 Å². The number of carbonyl (C=O) groups is 1. The smallest absolute Gasteiger partial charge is 0.295 e. The van der Waals surface area contributed by atoms with E-state index in [-0.39, 0.29) is 28.8 Å². The van der Waals surface area contributed by atoms with Gasteiger partial charge in [-0.1, -0.05) is 35.9 Å². The zero-order valence-electron chi connectivity index (χ0n) is 16.3. The molecule has 0 aliphatic carbocycles. The molecule has 1 aliphatic rings. The van der Waals surface area contributed by atoms with Crippen molar-refractivity contribution in [1.82, 2.24) is 18.9 Å². The molecule has 3 aromatic rings. The van der Waals surface area contributed by atoms with Gasteiger partial charge in [0.25, 0.3) is 11.5 Å². The highest BCUT2D eigenvalue weighted by molar-refractivity contribution is 6.33. The van der Waals surface area contributed by atoms with Crippen LogP contribution in [-0.4, -0.2) is 37.3 Å². The Morgan fingerprint density at radius 1 is 1.31 bits per heavy atom. The minimum Gasteiger partial charge on any atom is -0.335 e. The summed E-state index contributed by atoms with van der Waals surface area (Å²) >= 11 is 6.38. The van der Waals surface area contributed by atoms with Gasteiger partial charge in [0, 0.05) is 42.1 Å². The van der Waals surface area contributed by atoms with E-state index in [0.717, 1.165) is 31.4 Å². The molecule has 0 spiro atoms. The van der Waals surface area contributed by atoms with Crippen LogP contribution in [0.3, 0.4) is 0 Å². The number of hydrogen-bond donors (Lipinski definition) is 0.